The summed E-state index contributed by atoms with van der Waals surface area (Å²) in [5, 5.41) is 5.70. The number of hydrogen-bond acceptors (Lipinski definition) is 6. The number of rotatable bonds is 6. The number of benzene rings is 1. The van der Waals surface area contributed by atoms with E-state index in [1.807, 2.05) is 13.0 Å². The molecule has 10 nitrogen and oxygen atoms in total. The van der Waals surface area contributed by atoms with E-state index in [1.54, 1.807) is 18.2 Å². The number of nitrogens with one attached hydrogen (secondary N) is 3. The second kappa shape index (κ2) is 8.93. The number of carbonyl (C=O) groups excluding carboxylic acids is 5. The zero-order valence-electron chi connectivity index (χ0n) is 16.7. The second-order valence-electron chi connectivity index (χ2n) is 7.46. The molecule has 160 valence electrons. The fraction of sp³-hybridized carbons (Fsp3) is 0.450. The number of hydrazine groups is 1. The Morgan fingerprint density at radius 2 is 1.90 bits per heavy atom. The zero-order valence-corrected chi connectivity index (χ0v) is 16.7. The lowest BCUT2D eigenvalue weighted by atomic mass is 9.82. The van der Waals surface area contributed by atoms with Gasteiger partial charge in [0, 0.05) is 5.56 Å². The number of nitrogens with zero attached hydrogens (tertiary/aromatic N) is 1. The maximum atomic E-state index is 12.6. The third kappa shape index (κ3) is 4.76. The van der Waals surface area contributed by atoms with E-state index in [4.69, 9.17) is 4.74 Å². The number of hydrogen-bond donors (Lipinski definition) is 3. The Bertz CT molecular complexity index is 878. The van der Waals surface area contributed by atoms with Crippen molar-refractivity contribution in [3.05, 3.63) is 35.4 Å². The summed E-state index contributed by atoms with van der Waals surface area (Å²) in [5.41, 5.74) is 2.51. The molecule has 1 heterocycles. The Balaban J connectivity index is 1.43. The predicted octanol–water partition coefficient (Wildman–Crippen LogP) is 0.554. The minimum Gasteiger partial charge on any atom is -0.454 e. The molecular weight excluding hydrogens is 392 g/mol. The van der Waals surface area contributed by atoms with E-state index in [2.05, 4.69) is 16.1 Å². The standard InChI is InChI=1S/C20H24N4O6/c1-13-6-5-7-14(10-13)17(27)21-11-16(26)30-12-15(25)23-24-18(28)20(22-19(24)29)8-3-2-4-9-20/h5-7,10H,2-4,8-9,11-12H2,1H3,(H,21,27)(H,22,29)(H,23,25). The second-order valence-corrected chi connectivity index (χ2v) is 7.46. The smallest absolute Gasteiger partial charge is 0.344 e. The molecule has 0 bridgehead atoms. The van der Waals surface area contributed by atoms with Gasteiger partial charge in [0.05, 0.1) is 0 Å². The minimum absolute atomic E-state index is 0.399. The quantitative estimate of drug-likeness (QED) is 0.458. The number of ether oxygens (including phenoxy) is 1. The molecule has 1 aromatic rings. The van der Waals surface area contributed by atoms with Gasteiger partial charge in [0.1, 0.15) is 12.1 Å². The summed E-state index contributed by atoms with van der Waals surface area (Å²) in [4.78, 5) is 60.5. The van der Waals surface area contributed by atoms with Crippen molar-refractivity contribution in [2.75, 3.05) is 13.2 Å². The lowest BCUT2D eigenvalue weighted by molar-refractivity contribution is -0.150. The van der Waals surface area contributed by atoms with Crippen molar-refractivity contribution in [3.63, 3.8) is 0 Å². The van der Waals surface area contributed by atoms with Gasteiger partial charge in [-0.3, -0.25) is 24.6 Å². The lowest BCUT2D eigenvalue weighted by Gasteiger charge is -2.30. The normalized spacial score (nSPS) is 17.4. The maximum absolute atomic E-state index is 12.6. The van der Waals surface area contributed by atoms with Crippen molar-refractivity contribution in [1.82, 2.24) is 21.1 Å². The molecule has 1 spiro atoms. The highest BCUT2D eigenvalue weighted by Gasteiger charge is 2.52. The van der Waals surface area contributed by atoms with Gasteiger partial charge in [-0.25, -0.2) is 4.79 Å². The first-order valence-corrected chi connectivity index (χ1v) is 9.77. The fourth-order valence-electron chi connectivity index (χ4n) is 3.61. The zero-order chi connectivity index (χ0) is 21.7. The van der Waals surface area contributed by atoms with Crippen LogP contribution in [0.5, 0.6) is 0 Å². The molecule has 1 saturated heterocycles. The van der Waals surface area contributed by atoms with E-state index in [9.17, 15) is 24.0 Å². The van der Waals surface area contributed by atoms with Gasteiger partial charge in [-0.05, 0) is 31.9 Å². The van der Waals surface area contributed by atoms with E-state index in [1.165, 1.54) is 0 Å². The van der Waals surface area contributed by atoms with Crippen LogP contribution in [-0.2, 0) is 19.1 Å². The monoisotopic (exact) mass is 416 g/mol. The molecule has 1 aliphatic carbocycles. The van der Waals surface area contributed by atoms with Gasteiger partial charge in [-0.15, -0.1) is 0 Å². The van der Waals surface area contributed by atoms with Gasteiger partial charge in [0.25, 0.3) is 17.7 Å². The Hall–Kier alpha value is -3.43. The van der Waals surface area contributed by atoms with Crippen LogP contribution >= 0.6 is 0 Å². The molecule has 2 fully saturated rings. The van der Waals surface area contributed by atoms with Gasteiger partial charge in [-0.2, -0.15) is 5.01 Å². The van der Waals surface area contributed by atoms with E-state index in [0.717, 1.165) is 24.8 Å². The molecule has 1 aromatic carbocycles. The first-order valence-electron chi connectivity index (χ1n) is 9.77. The van der Waals surface area contributed by atoms with Crippen LogP contribution in [-0.4, -0.2) is 53.4 Å². The van der Waals surface area contributed by atoms with Crippen molar-refractivity contribution in [2.24, 2.45) is 0 Å². The van der Waals surface area contributed by atoms with Crippen molar-refractivity contribution in [3.8, 4) is 0 Å². The number of esters is 1. The first-order chi connectivity index (χ1) is 14.3. The summed E-state index contributed by atoms with van der Waals surface area (Å²) >= 11 is 0. The van der Waals surface area contributed by atoms with Gasteiger partial charge in [-0.1, -0.05) is 37.0 Å². The van der Waals surface area contributed by atoms with Crippen molar-refractivity contribution in [2.45, 2.75) is 44.6 Å². The van der Waals surface area contributed by atoms with Crippen LogP contribution in [0.25, 0.3) is 0 Å². The molecule has 5 amide bonds. The van der Waals surface area contributed by atoms with Crippen molar-refractivity contribution in [1.29, 1.82) is 0 Å². The minimum atomic E-state index is -0.959. The average Bonchev–Trinajstić information content (AvgIpc) is 2.94. The molecule has 1 aliphatic heterocycles. The average molecular weight is 416 g/mol. The summed E-state index contributed by atoms with van der Waals surface area (Å²) in [5.74, 6) is -2.61. The molecule has 0 unspecified atom stereocenters. The summed E-state index contributed by atoms with van der Waals surface area (Å²) in [7, 11) is 0. The molecule has 2 aliphatic rings. The van der Waals surface area contributed by atoms with Crippen LogP contribution < -0.4 is 16.1 Å². The van der Waals surface area contributed by atoms with Crippen molar-refractivity contribution >= 4 is 29.7 Å². The molecule has 0 atom stereocenters. The van der Waals surface area contributed by atoms with E-state index in [0.29, 0.717) is 23.4 Å². The topological polar surface area (TPSA) is 134 Å². The highest BCUT2D eigenvalue weighted by Crippen LogP contribution is 2.32. The van der Waals surface area contributed by atoms with Crippen LogP contribution in [0.2, 0.25) is 0 Å². The number of imide groups is 1. The molecular formula is C20H24N4O6. The largest absolute Gasteiger partial charge is 0.454 e. The molecule has 30 heavy (non-hydrogen) atoms. The van der Waals surface area contributed by atoms with Crippen molar-refractivity contribution < 1.29 is 28.7 Å². The van der Waals surface area contributed by atoms with Crippen LogP contribution in [0.3, 0.4) is 0 Å². The van der Waals surface area contributed by atoms with Crippen LogP contribution in [0.1, 0.15) is 48.0 Å². The van der Waals surface area contributed by atoms with Gasteiger partial charge in [0.2, 0.25) is 0 Å². The SMILES string of the molecule is Cc1cccc(C(=O)NCC(=O)OCC(=O)NN2C(=O)NC3(CCCCC3)C2=O)c1. The van der Waals surface area contributed by atoms with Crippen LogP contribution in [0, 0.1) is 6.92 Å². The number of urea groups is 1. The number of aryl methyl sites for hydroxylation is 1. The fourth-order valence-corrected chi connectivity index (χ4v) is 3.61. The summed E-state index contributed by atoms with van der Waals surface area (Å²) in [6.45, 7) is 0.723. The summed E-state index contributed by atoms with van der Waals surface area (Å²) in [6.07, 6.45) is 3.69. The molecule has 3 rings (SSSR count). The van der Waals surface area contributed by atoms with Crippen LogP contribution in [0.15, 0.2) is 24.3 Å². The first kappa shape index (κ1) is 21.3. The van der Waals surface area contributed by atoms with E-state index >= 15 is 0 Å². The Kier molecular flexibility index (Phi) is 6.34. The number of amides is 5. The molecule has 0 radical (unpaired) electrons. The van der Waals surface area contributed by atoms with Crippen LogP contribution in [0.4, 0.5) is 4.79 Å². The van der Waals surface area contributed by atoms with E-state index < -0.39 is 48.4 Å². The van der Waals surface area contributed by atoms with Gasteiger partial charge >= 0.3 is 12.0 Å². The highest BCUT2D eigenvalue weighted by atomic mass is 16.5. The van der Waals surface area contributed by atoms with Gasteiger partial charge in [0.15, 0.2) is 6.61 Å². The Morgan fingerprint density at radius 1 is 1.17 bits per heavy atom. The highest BCUT2D eigenvalue weighted by molar-refractivity contribution is 6.08. The Morgan fingerprint density at radius 3 is 2.60 bits per heavy atom. The summed E-state index contributed by atoms with van der Waals surface area (Å²) < 4.78 is 4.80. The molecule has 3 N–H and O–H groups in total. The predicted molar refractivity (Wildman–Crippen MR) is 104 cm³/mol. The summed E-state index contributed by atoms with van der Waals surface area (Å²) in [6, 6.07) is 6.14. The third-order valence-electron chi connectivity index (χ3n) is 5.14. The maximum Gasteiger partial charge on any atom is 0.344 e. The molecule has 10 heteroatoms. The third-order valence-corrected chi connectivity index (χ3v) is 5.14. The van der Waals surface area contributed by atoms with Gasteiger partial charge < -0.3 is 15.4 Å². The number of carbonyl (C=O) groups is 5. The molecule has 0 aromatic heterocycles. The Labute approximate surface area is 173 Å². The van der Waals surface area contributed by atoms with E-state index in [-0.39, 0.29) is 0 Å². The lowest BCUT2D eigenvalue weighted by Crippen LogP contribution is -2.51. The molecule has 1 saturated carbocycles.